The van der Waals surface area contributed by atoms with Crippen LogP contribution in [0.5, 0.6) is 0 Å². The van der Waals surface area contributed by atoms with E-state index >= 15 is 0 Å². The van der Waals surface area contributed by atoms with Crippen molar-refractivity contribution in [2.45, 2.75) is 19.8 Å². The highest BCUT2D eigenvalue weighted by Crippen LogP contribution is 2.25. The lowest BCUT2D eigenvalue weighted by Crippen LogP contribution is -2.00. The maximum atomic E-state index is 4.66. The van der Waals surface area contributed by atoms with Gasteiger partial charge in [-0.15, -0.1) is 0 Å². The van der Waals surface area contributed by atoms with Gasteiger partial charge in [0.2, 0.25) is 0 Å². The van der Waals surface area contributed by atoms with Crippen LogP contribution < -0.4 is 0 Å². The molecule has 0 aliphatic carbocycles. The molecule has 2 heterocycles. The van der Waals surface area contributed by atoms with Gasteiger partial charge < -0.3 is 0 Å². The van der Waals surface area contributed by atoms with Crippen molar-refractivity contribution < 1.29 is 0 Å². The minimum atomic E-state index is 0.361. The standard InChI is InChI=1S/C14H14N4/c1-9(2)13-10-5-3-4-6-11(10)16-14(17-13)12-7-8-15-18-12/h3-9H,1-2H3,(H,15,18). The average molecular weight is 238 g/mol. The number of H-pyrrole nitrogens is 1. The Labute approximate surface area is 105 Å². The van der Waals surface area contributed by atoms with Gasteiger partial charge in [0.25, 0.3) is 0 Å². The highest BCUT2D eigenvalue weighted by Gasteiger charge is 2.12. The molecule has 0 amide bonds. The first-order valence-electron chi connectivity index (χ1n) is 6.02. The molecule has 18 heavy (non-hydrogen) atoms. The van der Waals surface area contributed by atoms with Crippen LogP contribution in [0.25, 0.3) is 22.4 Å². The molecular formula is C14H14N4. The zero-order valence-corrected chi connectivity index (χ0v) is 10.4. The highest BCUT2D eigenvalue weighted by molar-refractivity contribution is 5.82. The van der Waals surface area contributed by atoms with E-state index in [1.54, 1.807) is 6.20 Å². The number of fused-ring (bicyclic) bond motifs is 1. The molecule has 0 fully saturated rings. The summed E-state index contributed by atoms with van der Waals surface area (Å²) in [5.74, 6) is 1.06. The Morgan fingerprint density at radius 1 is 1.06 bits per heavy atom. The third-order valence-corrected chi connectivity index (χ3v) is 2.92. The molecule has 0 spiro atoms. The van der Waals surface area contributed by atoms with Crippen LogP contribution in [0, 0.1) is 0 Å². The van der Waals surface area contributed by atoms with E-state index in [9.17, 15) is 0 Å². The quantitative estimate of drug-likeness (QED) is 0.746. The SMILES string of the molecule is CC(C)c1nc(-c2ccn[nH]2)nc2ccccc12. The van der Waals surface area contributed by atoms with Gasteiger partial charge in [-0.1, -0.05) is 32.0 Å². The van der Waals surface area contributed by atoms with Crippen molar-refractivity contribution in [3.05, 3.63) is 42.2 Å². The maximum Gasteiger partial charge on any atom is 0.178 e. The first-order valence-corrected chi connectivity index (χ1v) is 6.02. The summed E-state index contributed by atoms with van der Waals surface area (Å²) in [7, 11) is 0. The van der Waals surface area contributed by atoms with Crippen molar-refractivity contribution in [3.63, 3.8) is 0 Å². The van der Waals surface area contributed by atoms with Gasteiger partial charge in [-0.3, -0.25) is 5.10 Å². The van der Waals surface area contributed by atoms with Crippen LogP contribution in [0.1, 0.15) is 25.5 Å². The van der Waals surface area contributed by atoms with Crippen molar-refractivity contribution in [1.29, 1.82) is 0 Å². The molecule has 4 nitrogen and oxygen atoms in total. The second kappa shape index (κ2) is 4.22. The third-order valence-electron chi connectivity index (χ3n) is 2.92. The Hall–Kier alpha value is -2.23. The van der Waals surface area contributed by atoms with Crippen molar-refractivity contribution in [2.75, 3.05) is 0 Å². The molecule has 0 aliphatic heterocycles. The first kappa shape index (κ1) is 10.9. The fourth-order valence-electron chi connectivity index (χ4n) is 2.04. The second-order valence-corrected chi connectivity index (χ2v) is 4.57. The molecular weight excluding hydrogens is 224 g/mol. The van der Waals surface area contributed by atoms with E-state index in [1.807, 2.05) is 24.3 Å². The van der Waals surface area contributed by atoms with E-state index in [0.717, 1.165) is 22.3 Å². The van der Waals surface area contributed by atoms with Crippen LogP contribution in [-0.2, 0) is 0 Å². The Balaban J connectivity index is 2.30. The van der Waals surface area contributed by atoms with Gasteiger partial charge in [0.1, 0.15) is 5.69 Å². The number of aromatic nitrogens is 4. The smallest absolute Gasteiger partial charge is 0.178 e. The Bertz CT molecular complexity index is 671. The van der Waals surface area contributed by atoms with E-state index in [4.69, 9.17) is 0 Å². The minimum Gasteiger partial charge on any atom is -0.275 e. The first-order chi connectivity index (χ1) is 8.75. The van der Waals surface area contributed by atoms with Gasteiger partial charge in [0.05, 0.1) is 11.2 Å². The molecule has 4 heteroatoms. The van der Waals surface area contributed by atoms with E-state index in [2.05, 4.69) is 40.1 Å². The summed E-state index contributed by atoms with van der Waals surface area (Å²) in [6.07, 6.45) is 1.71. The van der Waals surface area contributed by atoms with Crippen LogP contribution in [-0.4, -0.2) is 20.2 Å². The zero-order chi connectivity index (χ0) is 12.5. The van der Waals surface area contributed by atoms with Gasteiger partial charge in [0.15, 0.2) is 5.82 Å². The molecule has 3 rings (SSSR count). The third kappa shape index (κ3) is 1.76. The van der Waals surface area contributed by atoms with E-state index in [1.165, 1.54) is 0 Å². The monoisotopic (exact) mass is 238 g/mol. The molecule has 0 aliphatic rings. The van der Waals surface area contributed by atoms with E-state index in [-0.39, 0.29) is 0 Å². The largest absolute Gasteiger partial charge is 0.275 e. The number of nitrogens with one attached hydrogen (secondary N) is 1. The number of rotatable bonds is 2. The summed E-state index contributed by atoms with van der Waals surface area (Å²) in [5.41, 5.74) is 2.90. The lowest BCUT2D eigenvalue weighted by atomic mass is 10.0. The molecule has 1 aromatic carbocycles. The number of hydrogen-bond acceptors (Lipinski definition) is 3. The molecule has 0 atom stereocenters. The summed E-state index contributed by atoms with van der Waals surface area (Å²) in [4.78, 5) is 9.24. The summed E-state index contributed by atoms with van der Waals surface area (Å²) in [5, 5.41) is 7.98. The normalized spacial score (nSPS) is 11.3. The lowest BCUT2D eigenvalue weighted by Gasteiger charge is -2.10. The molecule has 0 unspecified atom stereocenters. The average Bonchev–Trinajstić information content (AvgIpc) is 2.91. The zero-order valence-electron chi connectivity index (χ0n) is 10.4. The van der Waals surface area contributed by atoms with Crippen molar-refractivity contribution in [3.8, 4) is 11.5 Å². The van der Waals surface area contributed by atoms with Crippen molar-refractivity contribution in [1.82, 2.24) is 20.2 Å². The van der Waals surface area contributed by atoms with Gasteiger partial charge >= 0.3 is 0 Å². The molecule has 0 saturated carbocycles. The fraction of sp³-hybridized carbons (Fsp3) is 0.214. The Kier molecular flexibility index (Phi) is 2.55. The molecule has 0 bridgehead atoms. The highest BCUT2D eigenvalue weighted by atomic mass is 15.1. The predicted molar refractivity (Wildman–Crippen MR) is 71.2 cm³/mol. The maximum absolute atomic E-state index is 4.66. The number of aromatic amines is 1. The topological polar surface area (TPSA) is 54.5 Å². The molecule has 1 N–H and O–H groups in total. The molecule has 2 aromatic heterocycles. The van der Waals surface area contributed by atoms with Crippen LogP contribution in [0.4, 0.5) is 0 Å². The number of benzene rings is 1. The van der Waals surface area contributed by atoms with Crippen LogP contribution in [0.15, 0.2) is 36.5 Å². The van der Waals surface area contributed by atoms with E-state index < -0.39 is 0 Å². The van der Waals surface area contributed by atoms with Gasteiger partial charge in [-0.25, -0.2) is 9.97 Å². The fourth-order valence-corrected chi connectivity index (χ4v) is 2.04. The summed E-state index contributed by atoms with van der Waals surface area (Å²) >= 11 is 0. The van der Waals surface area contributed by atoms with Crippen LogP contribution in [0.3, 0.4) is 0 Å². The minimum absolute atomic E-state index is 0.361. The van der Waals surface area contributed by atoms with Gasteiger partial charge in [-0.2, -0.15) is 5.10 Å². The van der Waals surface area contributed by atoms with E-state index in [0.29, 0.717) is 11.7 Å². The van der Waals surface area contributed by atoms with Crippen LogP contribution >= 0.6 is 0 Å². The molecule has 90 valence electrons. The van der Waals surface area contributed by atoms with Crippen molar-refractivity contribution in [2.24, 2.45) is 0 Å². The molecule has 3 aromatic rings. The summed E-state index contributed by atoms with van der Waals surface area (Å²) < 4.78 is 0. The Morgan fingerprint density at radius 2 is 1.89 bits per heavy atom. The number of hydrogen-bond donors (Lipinski definition) is 1. The molecule has 0 radical (unpaired) electrons. The molecule has 0 saturated heterocycles. The lowest BCUT2D eigenvalue weighted by molar-refractivity contribution is 0.829. The predicted octanol–water partition coefficient (Wildman–Crippen LogP) is 3.14. The van der Waals surface area contributed by atoms with Gasteiger partial charge in [-0.05, 0) is 18.1 Å². The number of nitrogens with zero attached hydrogens (tertiary/aromatic N) is 3. The second-order valence-electron chi connectivity index (χ2n) is 4.57. The van der Waals surface area contributed by atoms with Gasteiger partial charge in [0, 0.05) is 11.6 Å². The van der Waals surface area contributed by atoms with Crippen molar-refractivity contribution >= 4 is 10.9 Å². The van der Waals surface area contributed by atoms with Crippen LogP contribution in [0.2, 0.25) is 0 Å². The summed E-state index contributed by atoms with van der Waals surface area (Å²) in [6, 6.07) is 9.99. The Morgan fingerprint density at radius 3 is 2.61 bits per heavy atom. The summed E-state index contributed by atoms with van der Waals surface area (Å²) in [6.45, 7) is 4.29. The number of para-hydroxylation sites is 1.